The van der Waals surface area contributed by atoms with Gasteiger partial charge in [-0.05, 0) is 61.6 Å². The number of rotatable bonds is 13. The smallest absolute Gasteiger partial charge is 0.414 e. The van der Waals surface area contributed by atoms with Crippen LogP contribution in [0.1, 0.15) is 49.2 Å². The van der Waals surface area contributed by atoms with E-state index in [0.29, 0.717) is 65.5 Å². The number of nitrogens with one attached hydrogen (secondary N) is 1. The first-order valence-corrected chi connectivity index (χ1v) is 15.8. The number of benzene rings is 1. The molecule has 0 radical (unpaired) electrons. The Hall–Kier alpha value is -3.52. The second-order valence-electron chi connectivity index (χ2n) is 11.1. The molecule has 1 aromatic carbocycles. The molecule has 2 atom stereocenters. The summed E-state index contributed by atoms with van der Waals surface area (Å²) in [5.41, 5.74) is 7.17. The highest BCUT2D eigenvalue weighted by molar-refractivity contribution is 7.18. The number of unbranched alkanes of at least 4 members (excludes halogenated alkanes) is 1. The lowest BCUT2D eigenvalue weighted by Crippen LogP contribution is -2.43. The Kier molecular flexibility index (Phi) is 11.7. The molecular weight excluding hydrogens is 610 g/mol. The van der Waals surface area contributed by atoms with Crippen LogP contribution in [0.15, 0.2) is 36.4 Å². The molecular formula is C30H38ClN5O7S. The number of morpholine rings is 1. The third-order valence-electron chi connectivity index (χ3n) is 7.23. The molecule has 0 unspecified atom stereocenters. The molecule has 0 bridgehead atoms. The molecule has 2 aliphatic heterocycles. The van der Waals surface area contributed by atoms with Gasteiger partial charge in [0.25, 0.3) is 11.8 Å². The van der Waals surface area contributed by atoms with Crippen molar-refractivity contribution in [3.8, 4) is 0 Å². The van der Waals surface area contributed by atoms with E-state index in [-0.39, 0.29) is 37.9 Å². The largest absolute Gasteiger partial charge is 0.442 e. The van der Waals surface area contributed by atoms with Crippen molar-refractivity contribution in [2.45, 2.75) is 51.7 Å². The van der Waals surface area contributed by atoms with Gasteiger partial charge >= 0.3 is 6.09 Å². The van der Waals surface area contributed by atoms with Gasteiger partial charge in [-0.25, -0.2) is 4.79 Å². The molecule has 3 N–H and O–H groups in total. The Morgan fingerprint density at radius 3 is 2.43 bits per heavy atom. The Bertz CT molecular complexity index is 1350. The lowest BCUT2D eigenvalue weighted by atomic mass is 10.0. The fourth-order valence-electron chi connectivity index (χ4n) is 4.99. The molecule has 12 nitrogen and oxygen atoms in total. The van der Waals surface area contributed by atoms with E-state index in [9.17, 15) is 24.0 Å². The maximum atomic E-state index is 13.4. The predicted octanol–water partition coefficient (Wildman–Crippen LogP) is 3.42. The Balaban J connectivity index is 1.35. The Morgan fingerprint density at radius 1 is 1.09 bits per heavy atom. The standard InChI is InChI=1S/C30H38ClN5O7S/c1-19(2)15-23(32)28(39)33-12-4-3-5-26(37)36(29(40)24-10-11-25(31)44-24)17-22-16-35(30(41)43-22)21-8-6-20(7-9-21)34-13-14-42-18-27(34)38/h6-11,19,22-23H,3-5,12-18,32H2,1-2H3,(H,33,39)/t22-,23+/m1/s1. The van der Waals surface area contributed by atoms with Gasteiger partial charge in [0.1, 0.15) is 12.7 Å². The predicted molar refractivity (Wildman–Crippen MR) is 167 cm³/mol. The van der Waals surface area contributed by atoms with Crippen LogP contribution < -0.4 is 20.9 Å². The first-order chi connectivity index (χ1) is 21.0. The second kappa shape index (κ2) is 15.5. The molecule has 14 heteroatoms. The van der Waals surface area contributed by atoms with Crippen LogP contribution in [0.5, 0.6) is 0 Å². The van der Waals surface area contributed by atoms with Gasteiger partial charge < -0.3 is 25.4 Å². The summed E-state index contributed by atoms with van der Waals surface area (Å²) in [6, 6.07) is 9.50. The summed E-state index contributed by atoms with van der Waals surface area (Å²) in [5.74, 6) is -1.01. The van der Waals surface area contributed by atoms with E-state index in [2.05, 4.69) is 5.32 Å². The Labute approximate surface area is 265 Å². The van der Waals surface area contributed by atoms with E-state index >= 15 is 0 Å². The first-order valence-electron chi connectivity index (χ1n) is 14.6. The number of hydrogen-bond donors (Lipinski definition) is 2. The number of hydrogen-bond acceptors (Lipinski definition) is 9. The van der Waals surface area contributed by atoms with E-state index < -0.39 is 30.1 Å². The highest BCUT2D eigenvalue weighted by atomic mass is 35.5. The van der Waals surface area contributed by atoms with E-state index in [1.54, 1.807) is 41.3 Å². The van der Waals surface area contributed by atoms with Crippen molar-refractivity contribution >= 4 is 64.0 Å². The minimum atomic E-state index is -0.756. The number of nitrogens with zero attached hydrogens (tertiary/aromatic N) is 3. The number of ether oxygens (including phenoxy) is 2. The molecule has 3 heterocycles. The number of halogens is 1. The van der Waals surface area contributed by atoms with Crippen LogP contribution in [0.4, 0.5) is 16.2 Å². The number of nitrogens with two attached hydrogens (primary N) is 1. The van der Waals surface area contributed by atoms with Gasteiger partial charge in [-0.1, -0.05) is 25.4 Å². The molecule has 0 saturated carbocycles. The lowest BCUT2D eigenvalue weighted by molar-refractivity contribution is -0.129. The van der Waals surface area contributed by atoms with Gasteiger partial charge in [-0.3, -0.25) is 29.0 Å². The number of carbonyl (C=O) groups excluding carboxylic acids is 5. The van der Waals surface area contributed by atoms with Gasteiger partial charge in [-0.2, -0.15) is 0 Å². The Morgan fingerprint density at radius 2 is 1.80 bits per heavy atom. The molecule has 2 fully saturated rings. The van der Waals surface area contributed by atoms with E-state index in [1.165, 1.54) is 4.90 Å². The normalized spacial score (nSPS) is 17.5. The summed E-state index contributed by atoms with van der Waals surface area (Å²) < 4.78 is 11.2. The van der Waals surface area contributed by atoms with Crippen LogP contribution in [0.25, 0.3) is 0 Å². The summed E-state index contributed by atoms with van der Waals surface area (Å²) in [5, 5.41) is 2.79. The average molecular weight is 648 g/mol. The fraction of sp³-hybridized carbons (Fsp3) is 0.500. The molecule has 2 aromatic rings. The summed E-state index contributed by atoms with van der Waals surface area (Å²) in [7, 11) is 0. The monoisotopic (exact) mass is 647 g/mol. The number of thiophene rings is 1. The van der Waals surface area contributed by atoms with Crippen LogP contribution in [0, 0.1) is 5.92 Å². The van der Waals surface area contributed by atoms with Crippen molar-refractivity contribution in [3.05, 3.63) is 45.6 Å². The van der Waals surface area contributed by atoms with Crippen molar-refractivity contribution in [3.63, 3.8) is 0 Å². The maximum absolute atomic E-state index is 13.4. The zero-order valence-corrected chi connectivity index (χ0v) is 26.4. The van der Waals surface area contributed by atoms with Gasteiger partial charge in [0.05, 0.1) is 35.0 Å². The summed E-state index contributed by atoms with van der Waals surface area (Å²) >= 11 is 7.10. The van der Waals surface area contributed by atoms with Crippen molar-refractivity contribution < 1.29 is 33.4 Å². The SMILES string of the molecule is CC(C)C[C@H](N)C(=O)NCCCCC(=O)N(C[C@H]1CN(c2ccc(N3CCOCC3=O)cc2)C(=O)O1)C(=O)c1ccc(Cl)s1. The van der Waals surface area contributed by atoms with Crippen LogP contribution in [0.2, 0.25) is 4.34 Å². The number of carbonyl (C=O) groups is 5. The molecule has 238 valence electrons. The van der Waals surface area contributed by atoms with Crippen LogP contribution in [0.3, 0.4) is 0 Å². The quantitative estimate of drug-likeness (QED) is 0.314. The van der Waals surface area contributed by atoms with Gasteiger partial charge in [-0.15, -0.1) is 11.3 Å². The maximum Gasteiger partial charge on any atom is 0.414 e. The van der Waals surface area contributed by atoms with Gasteiger partial charge in [0, 0.05) is 30.9 Å². The van der Waals surface area contributed by atoms with Crippen LogP contribution >= 0.6 is 22.9 Å². The zero-order chi connectivity index (χ0) is 31.8. The van der Waals surface area contributed by atoms with Crippen LogP contribution in [-0.2, 0) is 23.9 Å². The number of cyclic esters (lactones) is 1. The summed E-state index contributed by atoms with van der Waals surface area (Å²) in [6.45, 7) is 5.26. The third kappa shape index (κ3) is 8.78. The summed E-state index contributed by atoms with van der Waals surface area (Å²) in [6.07, 6.45) is 0.241. The number of anilines is 2. The number of amides is 5. The molecule has 0 aliphatic carbocycles. The van der Waals surface area contributed by atoms with E-state index in [0.717, 1.165) is 16.2 Å². The van der Waals surface area contributed by atoms with Crippen molar-refractivity contribution in [1.82, 2.24) is 10.2 Å². The molecule has 4 rings (SSSR count). The molecule has 2 saturated heterocycles. The topological polar surface area (TPSA) is 152 Å². The average Bonchev–Trinajstić information content (AvgIpc) is 3.60. The van der Waals surface area contributed by atoms with E-state index in [1.807, 2.05) is 13.8 Å². The van der Waals surface area contributed by atoms with Crippen LogP contribution in [-0.4, -0.2) is 86.2 Å². The minimum absolute atomic E-state index is 0.0250. The molecule has 44 heavy (non-hydrogen) atoms. The highest BCUT2D eigenvalue weighted by Gasteiger charge is 2.36. The van der Waals surface area contributed by atoms with Crippen molar-refractivity contribution in [2.75, 3.05) is 49.2 Å². The van der Waals surface area contributed by atoms with Crippen molar-refractivity contribution in [1.29, 1.82) is 0 Å². The highest BCUT2D eigenvalue weighted by Crippen LogP contribution is 2.27. The first kappa shape index (κ1) is 33.4. The molecule has 1 aromatic heterocycles. The lowest BCUT2D eigenvalue weighted by Gasteiger charge is -2.27. The number of imide groups is 1. The molecule has 0 spiro atoms. The van der Waals surface area contributed by atoms with E-state index in [4.69, 9.17) is 26.8 Å². The van der Waals surface area contributed by atoms with Gasteiger partial charge in [0.2, 0.25) is 11.8 Å². The minimum Gasteiger partial charge on any atom is -0.442 e. The third-order valence-corrected chi connectivity index (χ3v) is 8.45. The molecule has 5 amide bonds. The van der Waals surface area contributed by atoms with Gasteiger partial charge in [0.15, 0.2) is 0 Å². The second-order valence-corrected chi connectivity index (χ2v) is 12.8. The fourth-order valence-corrected chi connectivity index (χ4v) is 5.98. The zero-order valence-electron chi connectivity index (χ0n) is 24.8. The molecule has 2 aliphatic rings. The summed E-state index contributed by atoms with van der Waals surface area (Å²) in [4.78, 5) is 68.2. The van der Waals surface area contributed by atoms with Crippen molar-refractivity contribution in [2.24, 2.45) is 11.7 Å².